The molecule has 1 N–H and O–H groups in total. The topological polar surface area (TPSA) is 29.9 Å². The molecule has 5 aromatic rings. The third-order valence-corrected chi connectivity index (χ3v) is 12.3. The number of benzene rings is 4. The Hall–Kier alpha value is -3.72. The van der Waals surface area contributed by atoms with Gasteiger partial charge in [-0.25, -0.2) is 4.98 Å². The number of nitrogens with one attached hydrogen (secondary N) is 1. The van der Waals surface area contributed by atoms with Crippen LogP contribution in [0.25, 0.3) is 33.5 Å². The monoisotopic (exact) mass is 571 g/mol. The fourth-order valence-electron chi connectivity index (χ4n) is 8.72. The van der Waals surface area contributed by atoms with Gasteiger partial charge >= 0.3 is 0 Å². The Morgan fingerprint density at radius 2 is 1.25 bits per heavy atom. The number of hydrogen-bond donors (Lipinski definition) is 1. The van der Waals surface area contributed by atoms with Gasteiger partial charge in [0, 0.05) is 22.4 Å². The predicted octanol–water partition coefficient (Wildman–Crippen LogP) is 7.34. The molecule has 0 atom stereocenters. The van der Waals surface area contributed by atoms with Crippen molar-refractivity contribution in [2.24, 2.45) is 5.41 Å². The van der Waals surface area contributed by atoms with E-state index in [9.17, 15) is 0 Å². The number of fused-ring (bicyclic) bond motifs is 12. The van der Waals surface area contributed by atoms with E-state index in [1.165, 1.54) is 27.8 Å². The van der Waals surface area contributed by atoms with Crippen LogP contribution >= 0.6 is 0 Å². The molecule has 1 aliphatic heterocycles. The summed E-state index contributed by atoms with van der Waals surface area (Å²) in [6.07, 6.45) is 0. The zero-order chi connectivity index (χ0) is 31.4. The predicted molar refractivity (Wildman–Crippen MR) is 186 cm³/mol. The van der Waals surface area contributed by atoms with Gasteiger partial charge < -0.3 is 5.32 Å². The molecule has 1 spiro atoms. The molecule has 0 fully saturated rings. The van der Waals surface area contributed by atoms with Gasteiger partial charge in [0.15, 0.2) is 5.66 Å². The molecule has 3 aliphatic rings. The number of rotatable bonds is 0. The Morgan fingerprint density at radius 3 is 1.82 bits per heavy atom. The van der Waals surface area contributed by atoms with E-state index >= 15 is 0 Å². The van der Waals surface area contributed by atoms with E-state index in [1.807, 2.05) is 0 Å². The van der Waals surface area contributed by atoms with Crippen molar-refractivity contribution in [3.8, 4) is 22.5 Å². The van der Waals surface area contributed by atoms with Crippen LogP contribution in [0.5, 0.6) is 0 Å². The van der Waals surface area contributed by atoms with E-state index in [0.29, 0.717) is 0 Å². The fourth-order valence-corrected chi connectivity index (χ4v) is 8.72. The van der Waals surface area contributed by atoms with Crippen molar-refractivity contribution in [3.63, 3.8) is 0 Å². The molecule has 0 saturated carbocycles. The zero-order valence-corrected chi connectivity index (χ0v) is 27.4. The quantitative estimate of drug-likeness (QED) is 0.197. The van der Waals surface area contributed by atoms with Crippen LogP contribution in [-0.2, 0) is 21.9 Å². The van der Waals surface area contributed by atoms with E-state index in [-0.39, 0.29) is 21.7 Å². The number of anilines is 1. The van der Waals surface area contributed by atoms with E-state index in [0.717, 1.165) is 50.2 Å². The van der Waals surface area contributed by atoms with Crippen LogP contribution in [0.1, 0.15) is 90.1 Å². The molecule has 0 bridgehead atoms. The second-order valence-corrected chi connectivity index (χ2v) is 15.9. The van der Waals surface area contributed by atoms with Crippen LogP contribution in [0.3, 0.4) is 0 Å². The Kier molecular flexibility index (Phi) is 5.12. The highest BCUT2D eigenvalue weighted by Gasteiger charge is 2.59. The minimum Gasteiger partial charge on any atom is -0.354 e. The van der Waals surface area contributed by atoms with Crippen molar-refractivity contribution in [2.75, 3.05) is 5.32 Å². The largest absolute Gasteiger partial charge is 0.354 e. The Morgan fingerprint density at radius 1 is 0.705 bits per heavy atom. The van der Waals surface area contributed by atoms with Crippen molar-refractivity contribution >= 4 is 43.3 Å². The van der Waals surface area contributed by atoms with Gasteiger partial charge in [-0.3, -0.25) is 4.57 Å². The third-order valence-electron chi connectivity index (χ3n) is 12.3. The summed E-state index contributed by atoms with van der Waals surface area (Å²) in [6.45, 7) is 20.8. The smallest absolute Gasteiger partial charge is 0.170 e. The maximum atomic E-state index is 7.47. The molecule has 0 amide bonds. The second kappa shape index (κ2) is 8.10. The van der Waals surface area contributed by atoms with E-state index < -0.39 is 5.66 Å². The summed E-state index contributed by atoms with van der Waals surface area (Å²) in [6, 6.07) is 24.3. The van der Waals surface area contributed by atoms with Crippen molar-refractivity contribution in [3.05, 3.63) is 94.5 Å². The molecule has 216 valence electrons. The third kappa shape index (κ3) is 2.95. The first kappa shape index (κ1) is 27.8. The molecular weight excluding hydrogens is 532 g/mol. The van der Waals surface area contributed by atoms with Gasteiger partial charge in [0.05, 0.1) is 11.0 Å². The molecule has 2 aliphatic carbocycles. The summed E-state index contributed by atoms with van der Waals surface area (Å²) in [5.74, 6) is 0.887. The van der Waals surface area contributed by atoms with Gasteiger partial charge in [-0.2, -0.15) is 0 Å². The van der Waals surface area contributed by atoms with Crippen molar-refractivity contribution in [1.29, 1.82) is 0 Å². The van der Waals surface area contributed by atoms with E-state index in [1.54, 1.807) is 0 Å². The fraction of sp³-hybridized carbons (Fsp3) is 0.359. The molecule has 0 unspecified atom stereocenters. The Balaban J connectivity index is 1.59. The van der Waals surface area contributed by atoms with Crippen LogP contribution in [0.4, 0.5) is 5.69 Å². The first-order chi connectivity index (χ1) is 20.6. The summed E-state index contributed by atoms with van der Waals surface area (Å²) in [4.78, 5) is 5.47. The lowest BCUT2D eigenvalue weighted by Gasteiger charge is -2.45. The van der Waals surface area contributed by atoms with Gasteiger partial charge in [0.25, 0.3) is 0 Å². The molecule has 1 aromatic heterocycles. The molecule has 44 heavy (non-hydrogen) atoms. The van der Waals surface area contributed by atoms with Gasteiger partial charge in [-0.15, -0.1) is 0 Å². The summed E-state index contributed by atoms with van der Waals surface area (Å²) in [5.41, 5.74) is 12.4. The molecule has 3 nitrogen and oxygen atoms in total. The maximum absolute atomic E-state index is 7.47. The van der Waals surface area contributed by atoms with E-state index in [4.69, 9.17) is 20.7 Å². The molecule has 8 rings (SSSR count). The summed E-state index contributed by atoms with van der Waals surface area (Å²) in [7, 11) is 14.8. The minimum absolute atomic E-state index is 0.00736. The highest BCUT2D eigenvalue weighted by atomic mass is 15.3. The standard InChI is InChI=1S/C39H39B2N3/c1-35(2,3)21-18-19-24-27(20-21)43-39(25-16-12-10-14-22(25)23-15-11-13-17-26(23)39)44-33-31(41)29-28(30(40)32(33)42-34(24)44)36(4,5)38(8,9)37(29,6)7/h10-20,43H,1-9H3. The van der Waals surface area contributed by atoms with Gasteiger partial charge in [0.1, 0.15) is 21.5 Å². The second-order valence-electron chi connectivity index (χ2n) is 15.9. The van der Waals surface area contributed by atoms with Crippen molar-refractivity contribution in [1.82, 2.24) is 9.55 Å². The minimum atomic E-state index is -0.761. The van der Waals surface area contributed by atoms with Crippen molar-refractivity contribution in [2.45, 2.75) is 84.2 Å². The highest BCUT2D eigenvalue weighted by Crippen LogP contribution is 2.62. The number of imidazole rings is 1. The Labute approximate surface area is 264 Å². The lowest BCUT2D eigenvalue weighted by atomic mass is 9.58. The molecular formula is C39H39B2N3. The van der Waals surface area contributed by atoms with Crippen LogP contribution < -0.4 is 16.2 Å². The molecule has 4 radical (unpaired) electrons. The average molecular weight is 571 g/mol. The maximum Gasteiger partial charge on any atom is 0.170 e. The van der Waals surface area contributed by atoms with Gasteiger partial charge in [-0.05, 0) is 61.6 Å². The summed E-state index contributed by atoms with van der Waals surface area (Å²) in [5, 5.41) is 4.13. The van der Waals surface area contributed by atoms with E-state index in [2.05, 4.69) is 139 Å². The van der Waals surface area contributed by atoms with Gasteiger partial charge in [0.2, 0.25) is 0 Å². The molecule has 2 heterocycles. The zero-order valence-electron chi connectivity index (χ0n) is 27.4. The molecule has 5 heteroatoms. The highest BCUT2D eigenvalue weighted by molar-refractivity contribution is 6.46. The van der Waals surface area contributed by atoms with Gasteiger partial charge in [-0.1, -0.05) is 128 Å². The Bertz CT molecular complexity index is 2040. The van der Waals surface area contributed by atoms with Crippen LogP contribution in [-0.4, -0.2) is 25.2 Å². The number of aromatic nitrogens is 2. The van der Waals surface area contributed by atoms with Crippen LogP contribution in [0.2, 0.25) is 0 Å². The number of nitrogens with zero attached hydrogens (tertiary/aromatic N) is 2. The van der Waals surface area contributed by atoms with Crippen molar-refractivity contribution < 1.29 is 0 Å². The molecule has 4 aromatic carbocycles. The van der Waals surface area contributed by atoms with Crippen LogP contribution in [0, 0.1) is 5.41 Å². The first-order valence-electron chi connectivity index (χ1n) is 15.8. The normalized spacial score (nSPS) is 19.2. The average Bonchev–Trinajstić information content (AvgIpc) is 3.53. The molecule has 0 saturated heterocycles. The number of hydrogen-bond acceptors (Lipinski definition) is 2. The lowest BCUT2D eigenvalue weighted by Crippen LogP contribution is -2.46. The SMILES string of the molecule is [B]c1c2c(c([B])c3c1nc1n3C3(Nc4cc(C(C)(C)C)ccc4-1)c1ccccc1-c1ccccc13)C(C)(C)C(C)(C)C2(C)C. The summed E-state index contributed by atoms with van der Waals surface area (Å²) < 4.78 is 2.38. The summed E-state index contributed by atoms with van der Waals surface area (Å²) >= 11 is 0. The van der Waals surface area contributed by atoms with Crippen LogP contribution in [0.15, 0.2) is 66.7 Å². The first-order valence-corrected chi connectivity index (χ1v) is 15.8. The lowest BCUT2D eigenvalue weighted by molar-refractivity contribution is 0.125.